The van der Waals surface area contributed by atoms with E-state index in [4.69, 9.17) is 0 Å². The van der Waals surface area contributed by atoms with E-state index in [1.807, 2.05) is 0 Å². The Labute approximate surface area is 256 Å². The van der Waals surface area contributed by atoms with Crippen LogP contribution < -0.4 is 0 Å². The van der Waals surface area contributed by atoms with E-state index >= 15 is 0 Å². The number of allylic oxidation sites excluding steroid dienone is 4. The third-order valence-corrected chi connectivity index (χ3v) is 9.29. The van der Waals surface area contributed by atoms with Crippen LogP contribution in [0, 0.1) is 0 Å². The quantitative estimate of drug-likeness (QED) is 0.202. The van der Waals surface area contributed by atoms with Crippen LogP contribution in [0.5, 0.6) is 0 Å². The summed E-state index contributed by atoms with van der Waals surface area (Å²) in [5.74, 6) is 0. The summed E-state index contributed by atoms with van der Waals surface area (Å²) in [5.41, 5.74) is 11.3. The van der Waals surface area contributed by atoms with Gasteiger partial charge in [0, 0.05) is 32.7 Å². The monoisotopic (exact) mass is 562 g/mol. The fourth-order valence-corrected chi connectivity index (χ4v) is 7.36. The van der Waals surface area contributed by atoms with Crippen LogP contribution >= 0.6 is 0 Å². The van der Waals surface area contributed by atoms with E-state index < -0.39 is 0 Å². The molecule has 9 rings (SSSR count). The van der Waals surface area contributed by atoms with Crippen molar-refractivity contribution in [2.75, 3.05) is 0 Å². The van der Waals surface area contributed by atoms with Gasteiger partial charge < -0.3 is 9.13 Å². The molecule has 1 unspecified atom stereocenters. The molecule has 0 amide bonds. The van der Waals surface area contributed by atoms with Crippen molar-refractivity contribution in [3.63, 3.8) is 0 Å². The number of hydrogen-bond acceptors (Lipinski definition) is 0. The molecule has 2 aromatic heterocycles. The van der Waals surface area contributed by atoms with Gasteiger partial charge in [-0.15, -0.1) is 0 Å². The van der Waals surface area contributed by atoms with Crippen molar-refractivity contribution in [2.24, 2.45) is 0 Å². The third-order valence-electron chi connectivity index (χ3n) is 9.29. The minimum Gasteiger partial charge on any atom is -0.332 e. The van der Waals surface area contributed by atoms with Gasteiger partial charge >= 0.3 is 0 Å². The molecular formula is C42H30N2. The number of aromatic nitrogens is 2. The van der Waals surface area contributed by atoms with Gasteiger partial charge in [-0.25, -0.2) is 0 Å². The van der Waals surface area contributed by atoms with Crippen LogP contribution in [0.4, 0.5) is 0 Å². The molecule has 0 radical (unpaired) electrons. The number of hydrogen-bond donors (Lipinski definition) is 0. The number of rotatable bonds is 4. The van der Waals surface area contributed by atoms with Crippen molar-refractivity contribution >= 4 is 49.2 Å². The lowest BCUT2D eigenvalue weighted by Crippen LogP contribution is -2.12. The summed E-state index contributed by atoms with van der Waals surface area (Å²) in [7, 11) is 0. The van der Waals surface area contributed by atoms with Gasteiger partial charge in [-0.3, -0.25) is 0 Å². The van der Waals surface area contributed by atoms with Crippen molar-refractivity contribution in [2.45, 2.75) is 12.5 Å². The number of nitrogens with zero attached hydrogens (tertiary/aromatic N) is 2. The molecule has 0 fully saturated rings. The van der Waals surface area contributed by atoms with Crippen molar-refractivity contribution in [1.82, 2.24) is 9.13 Å². The van der Waals surface area contributed by atoms with E-state index in [-0.39, 0.29) is 6.04 Å². The predicted octanol–water partition coefficient (Wildman–Crippen LogP) is 11.1. The lowest BCUT2D eigenvalue weighted by Gasteiger charge is -2.26. The second kappa shape index (κ2) is 10.00. The second-order valence-electron chi connectivity index (χ2n) is 11.7. The molecule has 44 heavy (non-hydrogen) atoms. The van der Waals surface area contributed by atoms with Crippen LogP contribution in [0.25, 0.3) is 66.0 Å². The Morgan fingerprint density at radius 2 is 1.11 bits per heavy atom. The first-order chi connectivity index (χ1) is 21.9. The molecule has 0 bridgehead atoms. The predicted molar refractivity (Wildman–Crippen MR) is 186 cm³/mol. The maximum Gasteiger partial charge on any atom is 0.0641 e. The highest BCUT2D eigenvalue weighted by molar-refractivity contribution is 6.25. The molecule has 208 valence electrons. The molecule has 8 aromatic rings. The van der Waals surface area contributed by atoms with Crippen LogP contribution in [0.1, 0.15) is 18.0 Å². The number of benzene rings is 6. The van der Waals surface area contributed by atoms with E-state index in [1.165, 1.54) is 71.6 Å². The molecule has 2 heteroatoms. The maximum absolute atomic E-state index is 2.59. The molecule has 2 nitrogen and oxygen atoms in total. The molecule has 0 spiro atoms. The zero-order valence-electron chi connectivity index (χ0n) is 24.3. The zero-order chi connectivity index (χ0) is 29.0. The van der Waals surface area contributed by atoms with Gasteiger partial charge in [0.25, 0.3) is 0 Å². The lowest BCUT2D eigenvalue weighted by molar-refractivity contribution is 0.666. The molecule has 2 heterocycles. The fourth-order valence-electron chi connectivity index (χ4n) is 7.36. The SMILES string of the molecule is C1=CCC(n2c3ccccc3c3c4c(ccc32)c2ccccc2n4-c2ccc(-c3ccccc3)cc2)C(c2ccccc2)=C1. The third kappa shape index (κ3) is 3.74. The highest BCUT2D eigenvalue weighted by Gasteiger charge is 2.26. The molecule has 1 atom stereocenters. The van der Waals surface area contributed by atoms with Crippen molar-refractivity contribution < 1.29 is 0 Å². The largest absolute Gasteiger partial charge is 0.332 e. The molecule has 0 saturated carbocycles. The maximum atomic E-state index is 2.59. The Balaban J connectivity index is 1.35. The van der Waals surface area contributed by atoms with Gasteiger partial charge in [-0.2, -0.15) is 0 Å². The molecule has 0 saturated heterocycles. The van der Waals surface area contributed by atoms with Crippen LogP contribution in [0.2, 0.25) is 0 Å². The van der Waals surface area contributed by atoms with E-state index in [0.29, 0.717) is 0 Å². The summed E-state index contributed by atoms with van der Waals surface area (Å²) < 4.78 is 5.07. The van der Waals surface area contributed by atoms with Gasteiger partial charge in [-0.1, -0.05) is 133 Å². The summed E-state index contributed by atoms with van der Waals surface area (Å²) >= 11 is 0. The Bertz CT molecular complexity index is 2380. The summed E-state index contributed by atoms with van der Waals surface area (Å²) in [4.78, 5) is 0. The summed E-state index contributed by atoms with van der Waals surface area (Å²) in [6, 6.07) is 53.2. The van der Waals surface area contributed by atoms with E-state index in [9.17, 15) is 0 Å². The minimum absolute atomic E-state index is 0.199. The molecule has 6 aromatic carbocycles. The van der Waals surface area contributed by atoms with Crippen LogP contribution in [-0.4, -0.2) is 9.13 Å². The molecule has 1 aliphatic rings. The highest BCUT2D eigenvalue weighted by atomic mass is 15.0. The second-order valence-corrected chi connectivity index (χ2v) is 11.7. The highest BCUT2D eigenvalue weighted by Crippen LogP contribution is 2.45. The smallest absolute Gasteiger partial charge is 0.0641 e. The van der Waals surface area contributed by atoms with E-state index in [2.05, 4.69) is 173 Å². The Kier molecular flexibility index (Phi) is 5.67. The van der Waals surface area contributed by atoms with E-state index in [1.54, 1.807) is 0 Å². The average molecular weight is 563 g/mol. The summed E-state index contributed by atoms with van der Waals surface area (Å²) in [6.07, 6.45) is 7.77. The molecular weight excluding hydrogens is 532 g/mol. The lowest BCUT2D eigenvalue weighted by atomic mass is 9.92. The Morgan fingerprint density at radius 1 is 0.477 bits per heavy atom. The van der Waals surface area contributed by atoms with Gasteiger partial charge in [-0.05, 0) is 59.0 Å². The topological polar surface area (TPSA) is 9.86 Å². The number of para-hydroxylation sites is 2. The van der Waals surface area contributed by atoms with Gasteiger partial charge in [0.1, 0.15) is 0 Å². The standard InChI is InChI=1S/C42H30N2/c1-3-13-29(14-4-1)30-23-25-32(26-24-30)43-38-21-11-8-18-34(38)35-27-28-40-41(42(35)43)36-19-9-12-22-39(36)44(40)37-20-10-7-17-33(37)31-15-5-2-6-16-31/h1-19,21-28,37H,20H2. The minimum atomic E-state index is 0.199. The fraction of sp³-hybridized carbons (Fsp3) is 0.0476. The van der Waals surface area contributed by atoms with Crippen molar-refractivity contribution in [3.05, 3.63) is 169 Å². The van der Waals surface area contributed by atoms with Crippen LogP contribution in [0.3, 0.4) is 0 Å². The Morgan fingerprint density at radius 3 is 1.89 bits per heavy atom. The zero-order valence-corrected chi connectivity index (χ0v) is 24.3. The first-order valence-electron chi connectivity index (χ1n) is 15.4. The average Bonchev–Trinajstić information content (AvgIpc) is 3.62. The first-order valence-corrected chi connectivity index (χ1v) is 15.4. The summed E-state index contributed by atoms with van der Waals surface area (Å²) in [6.45, 7) is 0. The van der Waals surface area contributed by atoms with Crippen LogP contribution in [-0.2, 0) is 0 Å². The molecule has 0 N–H and O–H groups in total. The van der Waals surface area contributed by atoms with Gasteiger partial charge in [0.2, 0.25) is 0 Å². The summed E-state index contributed by atoms with van der Waals surface area (Å²) in [5, 5.41) is 5.16. The van der Waals surface area contributed by atoms with Crippen molar-refractivity contribution in [3.8, 4) is 16.8 Å². The van der Waals surface area contributed by atoms with Crippen molar-refractivity contribution in [1.29, 1.82) is 0 Å². The Hall–Kier alpha value is -5.60. The normalized spacial score (nSPS) is 15.0. The first kappa shape index (κ1) is 24.9. The van der Waals surface area contributed by atoms with Gasteiger partial charge in [0.05, 0.1) is 22.6 Å². The molecule has 0 aliphatic heterocycles. The van der Waals surface area contributed by atoms with E-state index in [0.717, 1.165) is 6.42 Å². The van der Waals surface area contributed by atoms with Crippen LogP contribution in [0.15, 0.2) is 164 Å². The number of fused-ring (bicyclic) bond motifs is 7. The molecule has 1 aliphatic carbocycles. The van der Waals surface area contributed by atoms with Gasteiger partial charge in [0.15, 0.2) is 0 Å².